The molecule has 6 nitrogen and oxygen atoms in total. The van der Waals surface area contributed by atoms with Crippen LogP contribution in [0.5, 0.6) is 0 Å². The average molecular weight is 359 g/mol. The summed E-state index contributed by atoms with van der Waals surface area (Å²) >= 11 is 0. The first kappa shape index (κ1) is 18.9. The molecule has 142 valence electrons. The standard InChI is InChI=1S/C20H29N3O3/c1-19(2,3)15-5-7-16(8-6-15)20(4)17(24)23(18(25)21-20)10-9-22-11-13-26-14-12-22/h5-8H,9-14H2,1-4H3,(H,21,25). The fourth-order valence-electron chi connectivity index (χ4n) is 3.47. The second kappa shape index (κ2) is 7.00. The van der Waals surface area contributed by atoms with Crippen molar-refractivity contribution in [3.8, 4) is 0 Å². The number of nitrogens with zero attached hydrogens (tertiary/aromatic N) is 2. The highest BCUT2D eigenvalue weighted by molar-refractivity contribution is 6.07. The van der Waals surface area contributed by atoms with Crippen LogP contribution in [0.3, 0.4) is 0 Å². The molecule has 3 rings (SSSR count). The Morgan fingerprint density at radius 1 is 1.08 bits per heavy atom. The Hall–Kier alpha value is -1.92. The zero-order valence-electron chi connectivity index (χ0n) is 16.2. The third-order valence-electron chi connectivity index (χ3n) is 5.35. The summed E-state index contributed by atoms with van der Waals surface area (Å²) in [5.74, 6) is -0.181. The van der Waals surface area contributed by atoms with E-state index < -0.39 is 5.54 Å². The summed E-state index contributed by atoms with van der Waals surface area (Å²) in [7, 11) is 0. The number of nitrogens with one attached hydrogen (secondary N) is 1. The molecule has 1 unspecified atom stereocenters. The molecule has 2 fully saturated rings. The minimum Gasteiger partial charge on any atom is -0.379 e. The highest BCUT2D eigenvalue weighted by Crippen LogP contribution is 2.31. The van der Waals surface area contributed by atoms with Crippen LogP contribution in [-0.2, 0) is 20.5 Å². The minimum atomic E-state index is -1.00. The Labute approximate surface area is 155 Å². The molecular weight excluding hydrogens is 330 g/mol. The number of hydrogen-bond acceptors (Lipinski definition) is 4. The smallest absolute Gasteiger partial charge is 0.325 e. The maximum absolute atomic E-state index is 13.0. The Bertz CT molecular complexity index is 675. The largest absolute Gasteiger partial charge is 0.379 e. The lowest BCUT2D eigenvalue weighted by Gasteiger charge is -2.28. The fourth-order valence-corrected chi connectivity index (χ4v) is 3.47. The van der Waals surface area contributed by atoms with Crippen LogP contribution in [-0.4, -0.2) is 61.1 Å². The second-order valence-corrected chi connectivity index (χ2v) is 8.29. The van der Waals surface area contributed by atoms with Gasteiger partial charge >= 0.3 is 6.03 Å². The van der Waals surface area contributed by atoms with Gasteiger partial charge in [0.15, 0.2) is 0 Å². The molecule has 1 aromatic rings. The van der Waals surface area contributed by atoms with Crippen LogP contribution < -0.4 is 5.32 Å². The first-order valence-electron chi connectivity index (χ1n) is 9.27. The predicted octanol–water partition coefficient (Wildman–Crippen LogP) is 2.08. The number of carbonyl (C=O) groups is 2. The van der Waals surface area contributed by atoms with Crippen LogP contribution in [0, 0.1) is 0 Å². The number of carbonyl (C=O) groups excluding carboxylic acids is 2. The molecule has 1 atom stereocenters. The van der Waals surface area contributed by atoms with E-state index >= 15 is 0 Å². The SMILES string of the molecule is CC(C)(C)c1ccc(C2(C)NC(=O)N(CCN3CCOCC3)C2=O)cc1. The molecule has 2 heterocycles. The fraction of sp³-hybridized carbons (Fsp3) is 0.600. The van der Waals surface area contributed by atoms with Crippen molar-refractivity contribution in [1.82, 2.24) is 15.1 Å². The van der Waals surface area contributed by atoms with E-state index in [4.69, 9.17) is 4.74 Å². The van der Waals surface area contributed by atoms with Crippen LogP contribution in [0.25, 0.3) is 0 Å². The molecule has 2 aliphatic heterocycles. The third kappa shape index (κ3) is 3.62. The summed E-state index contributed by atoms with van der Waals surface area (Å²) in [5, 5.41) is 2.89. The van der Waals surface area contributed by atoms with E-state index in [1.54, 1.807) is 6.92 Å². The molecule has 0 saturated carbocycles. The van der Waals surface area contributed by atoms with Crippen LogP contribution in [0.15, 0.2) is 24.3 Å². The van der Waals surface area contributed by atoms with Gasteiger partial charge in [-0.2, -0.15) is 0 Å². The summed E-state index contributed by atoms with van der Waals surface area (Å²) in [6.07, 6.45) is 0. The first-order chi connectivity index (χ1) is 12.2. The van der Waals surface area contributed by atoms with E-state index in [2.05, 4.69) is 31.0 Å². The van der Waals surface area contributed by atoms with Crippen molar-refractivity contribution in [2.75, 3.05) is 39.4 Å². The summed E-state index contributed by atoms with van der Waals surface area (Å²) < 4.78 is 5.34. The van der Waals surface area contributed by atoms with Crippen molar-refractivity contribution in [2.24, 2.45) is 0 Å². The third-order valence-corrected chi connectivity index (χ3v) is 5.35. The maximum atomic E-state index is 13.0. The van der Waals surface area contributed by atoms with Gasteiger partial charge in [-0.25, -0.2) is 4.79 Å². The van der Waals surface area contributed by atoms with Gasteiger partial charge in [-0.1, -0.05) is 45.0 Å². The van der Waals surface area contributed by atoms with Gasteiger partial charge in [0.25, 0.3) is 5.91 Å². The van der Waals surface area contributed by atoms with Gasteiger partial charge in [0, 0.05) is 26.2 Å². The lowest BCUT2D eigenvalue weighted by atomic mass is 9.84. The second-order valence-electron chi connectivity index (χ2n) is 8.29. The molecule has 0 aromatic heterocycles. The van der Waals surface area contributed by atoms with Gasteiger partial charge in [0.05, 0.1) is 13.2 Å². The number of imide groups is 1. The van der Waals surface area contributed by atoms with E-state index in [1.165, 1.54) is 10.5 Å². The monoisotopic (exact) mass is 359 g/mol. The van der Waals surface area contributed by atoms with E-state index in [0.717, 1.165) is 18.7 Å². The number of rotatable bonds is 4. The Kier molecular flexibility index (Phi) is 5.08. The summed E-state index contributed by atoms with van der Waals surface area (Å²) in [6.45, 7) is 12.4. The lowest BCUT2D eigenvalue weighted by molar-refractivity contribution is -0.131. The van der Waals surface area contributed by atoms with Crippen molar-refractivity contribution in [1.29, 1.82) is 0 Å². The van der Waals surface area contributed by atoms with Crippen LogP contribution in [0.4, 0.5) is 4.79 Å². The van der Waals surface area contributed by atoms with Gasteiger partial charge in [-0.3, -0.25) is 14.6 Å². The van der Waals surface area contributed by atoms with Gasteiger partial charge in [0.1, 0.15) is 5.54 Å². The molecule has 6 heteroatoms. The van der Waals surface area contributed by atoms with Crippen LogP contribution in [0.1, 0.15) is 38.8 Å². The van der Waals surface area contributed by atoms with Gasteiger partial charge in [-0.05, 0) is 23.5 Å². The molecule has 0 aliphatic carbocycles. The molecule has 0 bridgehead atoms. The molecule has 0 radical (unpaired) electrons. The Balaban J connectivity index is 1.71. The quantitative estimate of drug-likeness (QED) is 0.836. The minimum absolute atomic E-state index is 0.0482. The normalized spacial score (nSPS) is 24.8. The van der Waals surface area contributed by atoms with Crippen molar-refractivity contribution in [3.63, 3.8) is 0 Å². The Morgan fingerprint density at radius 3 is 2.27 bits per heavy atom. The molecular formula is C20H29N3O3. The summed E-state index contributed by atoms with van der Waals surface area (Å²) in [6, 6.07) is 7.66. The predicted molar refractivity (Wildman–Crippen MR) is 100.0 cm³/mol. The topological polar surface area (TPSA) is 61.9 Å². The lowest BCUT2D eigenvalue weighted by Crippen LogP contribution is -2.44. The van der Waals surface area contributed by atoms with Crippen LogP contribution >= 0.6 is 0 Å². The van der Waals surface area contributed by atoms with E-state index in [0.29, 0.717) is 26.3 Å². The van der Waals surface area contributed by atoms with Crippen LogP contribution in [0.2, 0.25) is 0 Å². The van der Waals surface area contributed by atoms with E-state index in [9.17, 15) is 9.59 Å². The molecule has 3 amide bonds. The number of urea groups is 1. The summed E-state index contributed by atoms with van der Waals surface area (Å²) in [4.78, 5) is 29.0. The molecule has 0 spiro atoms. The van der Waals surface area contributed by atoms with Gasteiger partial charge in [0.2, 0.25) is 0 Å². The molecule has 1 aromatic carbocycles. The number of amides is 3. The van der Waals surface area contributed by atoms with Crippen molar-refractivity contribution < 1.29 is 14.3 Å². The number of benzene rings is 1. The summed E-state index contributed by atoms with van der Waals surface area (Å²) in [5.41, 5.74) is 1.06. The van der Waals surface area contributed by atoms with E-state index in [-0.39, 0.29) is 17.4 Å². The number of hydrogen-bond donors (Lipinski definition) is 1. The highest BCUT2D eigenvalue weighted by atomic mass is 16.5. The molecule has 2 saturated heterocycles. The van der Waals surface area contributed by atoms with Gasteiger partial charge in [-0.15, -0.1) is 0 Å². The van der Waals surface area contributed by atoms with E-state index in [1.807, 2.05) is 24.3 Å². The van der Waals surface area contributed by atoms with Crippen molar-refractivity contribution in [2.45, 2.75) is 38.6 Å². The average Bonchev–Trinajstić information content (AvgIpc) is 2.83. The molecule has 26 heavy (non-hydrogen) atoms. The zero-order valence-corrected chi connectivity index (χ0v) is 16.2. The molecule has 1 N–H and O–H groups in total. The number of ether oxygens (including phenoxy) is 1. The highest BCUT2D eigenvalue weighted by Gasteiger charge is 2.48. The number of morpholine rings is 1. The van der Waals surface area contributed by atoms with Crippen molar-refractivity contribution in [3.05, 3.63) is 35.4 Å². The van der Waals surface area contributed by atoms with Crippen molar-refractivity contribution >= 4 is 11.9 Å². The maximum Gasteiger partial charge on any atom is 0.325 e. The first-order valence-corrected chi connectivity index (χ1v) is 9.27. The molecule has 2 aliphatic rings. The zero-order chi connectivity index (χ0) is 18.9. The van der Waals surface area contributed by atoms with Gasteiger partial charge < -0.3 is 10.1 Å². The Morgan fingerprint density at radius 2 is 1.69 bits per heavy atom.